The number of anilines is 2. The topological polar surface area (TPSA) is 60.6 Å². The first kappa shape index (κ1) is 14.4. The molecule has 6 heteroatoms. The third-order valence-corrected chi connectivity index (χ3v) is 4.12. The van der Waals surface area contributed by atoms with Gasteiger partial charge in [0.1, 0.15) is 0 Å². The number of aromatic nitrogens is 1. The molecule has 0 amide bonds. The maximum absolute atomic E-state index is 5.91. The number of nitrogen functional groups attached to an aromatic ring is 1. The zero-order chi connectivity index (χ0) is 13.8. The summed E-state index contributed by atoms with van der Waals surface area (Å²) in [6.45, 7) is 6.85. The molecule has 0 radical (unpaired) electrons. The standard InChI is InChI=1S/C13H23N3O2S/c1-9(2)18-11-12(14)15-19-13(11)16-6-4-5-10(7-16)8-17-3/h9-10H,4-8H2,1-3H3,(H2,14,15). The second-order valence-electron chi connectivity index (χ2n) is 5.28. The van der Waals surface area contributed by atoms with Gasteiger partial charge in [-0.05, 0) is 44.1 Å². The van der Waals surface area contributed by atoms with E-state index in [9.17, 15) is 0 Å². The number of piperidine rings is 1. The van der Waals surface area contributed by atoms with Crippen LogP contribution in [0.25, 0.3) is 0 Å². The molecule has 1 aromatic rings. The first-order valence-corrected chi connectivity index (χ1v) is 7.54. The first-order chi connectivity index (χ1) is 9.11. The van der Waals surface area contributed by atoms with Crippen LogP contribution in [0.4, 0.5) is 10.8 Å². The number of hydrogen-bond donors (Lipinski definition) is 1. The molecule has 0 aliphatic carbocycles. The molecule has 0 saturated carbocycles. The van der Waals surface area contributed by atoms with Crippen molar-refractivity contribution in [2.24, 2.45) is 5.92 Å². The molecule has 1 atom stereocenters. The van der Waals surface area contributed by atoms with Crippen LogP contribution in [0, 0.1) is 5.92 Å². The zero-order valence-corrected chi connectivity index (χ0v) is 12.7. The van der Waals surface area contributed by atoms with Gasteiger partial charge in [-0.1, -0.05) is 0 Å². The van der Waals surface area contributed by atoms with Crippen molar-refractivity contribution < 1.29 is 9.47 Å². The predicted octanol–water partition coefficient (Wildman–Crippen LogP) is 2.38. The van der Waals surface area contributed by atoms with Gasteiger partial charge in [0.25, 0.3) is 0 Å². The van der Waals surface area contributed by atoms with Crippen LogP contribution in [0.1, 0.15) is 26.7 Å². The summed E-state index contributed by atoms with van der Waals surface area (Å²) >= 11 is 1.43. The summed E-state index contributed by atoms with van der Waals surface area (Å²) in [5, 5.41) is 1.06. The van der Waals surface area contributed by atoms with Crippen LogP contribution in [0.15, 0.2) is 0 Å². The molecule has 108 valence electrons. The van der Waals surface area contributed by atoms with Gasteiger partial charge in [-0.2, -0.15) is 4.37 Å². The van der Waals surface area contributed by atoms with Gasteiger partial charge >= 0.3 is 0 Å². The molecule has 2 rings (SSSR count). The van der Waals surface area contributed by atoms with Crippen molar-refractivity contribution in [2.75, 3.05) is 37.4 Å². The number of rotatable bonds is 5. The van der Waals surface area contributed by atoms with Crippen LogP contribution < -0.4 is 15.4 Å². The summed E-state index contributed by atoms with van der Waals surface area (Å²) in [6, 6.07) is 0. The minimum absolute atomic E-state index is 0.108. The van der Waals surface area contributed by atoms with Crippen LogP contribution in [0.5, 0.6) is 5.75 Å². The Labute approximate surface area is 118 Å². The third kappa shape index (κ3) is 3.51. The highest BCUT2D eigenvalue weighted by Crippen LogP contribution is 2.40. The number of hydrogen-bond acceptors (Lipinski definition) is 6. The molecule has 2 heterocycles. The molecule has 1 aromatic heterocycles. The normalized spacial score (nSPS) is 20.0. The fraction of sp³-hybridized carbons (Fsp3) is 0.769. The number of methoxy groups -OCH3 is 1. The fourth-order valence-electron chi connectivity index (χ4n) is 2.45. The Morgan fingerprint density at radius 3 is 3.00 bits per heavy atom. The highest BCUT2D eigenvalue weighted by atomic mass is 32.1. The second-order valence-corrected chi connectivity index (χ2v) is 6.03. The summed E-state index contributed by atoms with van der Waals surface area (Å²) < 4.78 is 15.3. The zero-order valence-electron chi connectivity index (χ0n) is 11.9. The Morgan fingerprint density at radius 1 is 1.53 bits per heavy atom. The minimum Gasteiger partial charge on any atom is -0.484 e. The summed E-state index contributed by atoms with van der Waals surface area (Å²) in [5.74, 6) is 1.83. The lowest BCUT2D eigenvalue weighted by Crippen LogP contribution is -2.36. The van der Waals surface area contributed by atoms with Gasteiger partial charge in [0, 0.05) is 20.2 Å². The number of nitrogens with two attached hydrogens (primary N) is 1. The quantitative estimate of drug-likeness (QED) is 0.900. The molecule has 0 spiro atoms. The molecule has 1 aliphatic rings. The highest BCUT2D eigenvalue weighted by Gasteiger charge is 2.25. The van der Waals surface area contributed by atoms with E-state index in [2.05, 4.69) is 9.27 Å². The van der Waals surface area contributed by atoms with Gasteiger partial charge in [0.2, 0.25) is 0 Å². The van der Waals surface area contributed by atoms with Crippen molar-refractivity contribution >= 4 is 22.4 Å². The van der Waals surface area contributed by atoms with E-state index in [1.807, 2.05) is 13.8 Å². The van der Waals surface area contributed by atoms with Gasteiger partial charge in [-0.15, -0.1) is 0 Å². The second kappa shape index (κ2) is 6.43. The van der Waals surface area contributed by atoms with Crippen molar-refractivity contribution in [1.29, 1.82) is 0 Å². The van der Waals surface area contributed by atoms with Gasteiger partial charge in [-0.25, -0.2) is 0 Å². The summed E-state index contributed by atoms with van der Waals surface area (Å²) in [6.07, 6.45) is 2.50. The summed E-state index contributed by atoms with van der Waals surface area (Å²) in [4.78, 5) is 2.33. The van der Waals surface area contributed by atoms with Gasteiger partial charge in [0.05, 0.1) is 12.7 Å². The average Bonchev–Trinajstić information content (AvgIpc) is 2.71. The van der Waals surface area contributed by atoms with E-state index in [0.29, 0.717) is 11.7 Å². The fourth-order valence-corrected chi connectivity index (χ4v) is 3.24. The van der Waals surface area contributed by atoms with E-state index >= 15 is 0 Å². The Bertz CT molecular complexity index is 407. The smallest absolute Gasteiger partial charge is 0.198 e. The number of ether oxygens (including phenoxy) is 2. The van der Waals surface area contributed by atoms with E-state index in [0.717, 1.165) is 30.4 Å². The van der Waals surface area contributed by atoms with Crippen molar-refractivity contribution in [3.8, 4) is 5.75 Å². The number of nitrogens with zero attached hydrogens (tertiary/aromatic N) is 2. The summed E-state index contributed by atoms with van der Waals surface area (Å²) in [7, 11) is 1.76. The van der Waals surface area contributed by atoms with Crippen LogP contribution in [0.3, 0.4) is 0 Å². The molecule has 19 heavy (non-hydrogen) atoms. The van der Waals surface area contributed by atoms with Crippen molar-refractivity contribution in [2.45, 2.75) is 32.8 Å². The maximum Gasteiger partial charge on any atom is 0.198 e. The van der Waals surface area contributed by atoms with Gasteiger partial charge in [-0.3, -0.25) is 0 Å². The van der Waals surface area contributed by atoms with Gasteiger partial charge in [0.15, 0.2) is 16.6 Å². The molecule has 5 nitrogen and oxygen atoms in total. The maximum atomic E-state index is 5.91. The molecular formula is C13H23N3O2S. The lowest BCUT2D eigenvalue weighted by molar-refractivity contribution is 0.143. The minimum atomic E-state index is 0.108. The third-order valence-electron chi connectivity index (χ3n) is 3.22. The summed E-state index contributed by atoms with van der Waals surface area (Å²) in [5.41, 5.74) is 5.91. The molecule has 2 N–H and O–H groups in total. The van der Waals surface area contributed by atoms with E-state index in [1.165, 1.54) is 24.4 Å². The van der Waals surface area contributed by atoms with Crippen LogP contribution in [-0.2, 0) is 4.74 Å². The lowest BCUT2D eigenvalue weighted by Gasteiger charge is -2.33. The van der Waals surface area contributed by atoms with Gasteiger partial charge < -0.3 is 20.1 Å². The molecule has 1 saturated heterocycles. The SMILES string of the molecule is COCC1CCCN(c2snc(N)c2OC(C)C)C1. The lowest BCUT2D eigenvalue weighted by atomic mass is 9.99. The van der Waals surface area contributed by atoms with Crippen LogP contribution >= 0.6 is 11.5 Å². The van der Waals surface area contributed by atoms with Crippen molar-refractivity contribution in [3.63, 3.8) is 0 Å². The van der Waals surface area contributed by atoms with E-state index in [1.54, 1.807) is 7.11 Å². The molecule has 0 bridgehead atoms. The van der Waals surface area contributed by atoms with E-state index in [-0.39, 0.29) is 6.10 Å². The Hall–Kier alpha value is -1.01. The highest BCUT2D eigenvalue weighted by molar-refractivity contribution is 7.11. The predicted molar refractivity (Wildman–Crippen MR) is 79.1 cm³/mol. The molecule has 0 aromatic carbocycles. The average molecular weight is 285 g/mol. The Balaban J connectivity index is 2.12. The van der Waals surface area contributed by atoms with E-state index < -0.39 is 0 Å². The Kier molecular flexibility index (Phi) is 4.87. The van der Waals surface area contributed by atoms with E-state index in [4.69, 9.17) is 15.2 Å². The van der Waals surface area contributed by atoms with Crippen molar-refractivity contribution in [3.05, 3.63) is 0 Å². The molecular weight excluding hydrogens is 262 g/mol. The molecule has 1 unspecified atom stereocenters. The molecule has 1 fully saturated rings. The first-order valence-electron chi connectivity index (χ1n) is 6.77. The Morgan fingerprint density at radius 2 is 2.32 bits per heavy atom. The molecule has 1 aliphatic heterocycles. The monoisotopic (exact) mass is 285 g/mol. The van der Waals surface area contributed by atoms with Crippen molar-refractivity contribution in [1.82, 2.24) is 4.37 Å². The van der Waals surface area contributed by atoms with Crippen LogP contribution in [0.2, 0.25) is 0 Å². The largest absolute Gasteiger partial charge is 0.484 e. The van der Waals surface area contributed by atoms with Crippen LogP contribution in [-0.4, -0.2) is 37.3 Å².